The number of phenols is 1. The molecule has 1 aromatic heterocycles. The van der Waals surface area contributed by atoms with Crippen molar-refractivity contribution in [3.05, 3.63) is 83.6 Å². The Morgan fingerprint density at radius 3 is 2.28 bits per heavy atom. The normalized spacial score (nSPS) is 11.5. The molecule has 3 aromatic rings. The zero-order valence-electron chi connectivity index (χ0n) is 15.4. The van der Waals surface area contributed by atoms with Crippen molar-refractivity contribution >= 4 is 34.0 Å². The number of carboxylic acids is 1. The first-order valence-electron chi connectivity index (χ1n) is 8.53. The monoisotopic (exact) mass is 410 g/mol. The van der Waals surface area contributed by atoms with E-state index in [1.54, 1.807) is 48.6 Å². The maximum absolute atomic E-state index is 12.7. The summed E-state index contributed by atoms with van der Waals surface area (Å²) >= 11 is 0. The van der Waals surface area contributed by atoms with Gasteiger partial charge in [0.2, 0.25) is 0 Å². The first kappa shape index (κ1) is 20.1. The molecule has 0 fully saturated rings. The molecule has 2 N–H and O–H groups in total. The molecule has 0 spiro atoms. The molecule has 0 aliphatic heterocycles. The van der Waals surface area contributed by atoms with Crippen LogP contribution < -0.4 is 4.31 Å². The third-order valence-electron chi connectivity index (χ3n) is 4.23. The van der Waals surface area contributed by atoms with Crippen LogP contribution in [-0.2, 0) is 10.0 Å². The van der Waals surface area contributed by atoms with Crippen molar-refractivity contribution in [3.8, 4) is 5.75 Å². The standard InChI is InChI=1S/C21H18N2O5S/c1-23(20-4-2-3-13-22-20)29(27,28)17-10-7-15(8-11-17)5-6-16-9-12-19(24)18(14-16)21(25)26/h2-14,24H,1H3,(H,25,26)/b6-5+. The fraction of sp³-hybridized carbons (Fsp3) is 0.0476. The maximum atomic E-state index is 12.7. The Labute approximate surface area is 168 Å². The smallest absolute Gasteiger partial charge is 0.339 e. The Balaban J connectivity index is 1.81. The van der Waals surface area contributed by atoms with Crippen LogP contribution in [0.5, 0.6) is 5.75 Å². The predicted octanol–water partition coefficient (Wildman–Crippen LogP) is 3.48. The number of rotatable bonds is 6. The SMILES string of the molecule is CN(c1ccccn1)S(=O)(=O)c1ccc(/C=C/c2ccc(O)c(C(=O)O)c2)cc1. The zero-order valence-corrected chi connectivity index (χ0v) is 16.2. The van der Waals surface area contributed by atoms with Gasteiger partial charge in [0.05, 0.1) is 4.90 Å². The fourth-order valence-electron chi connectivity index (χ4n) is 2.59. The lowest BCUT2D eigenvalue weighted by Crippen LogP contribution is -2.27. The molecule has 0 saturated carbocycles. The molecule has 8 heteroatoms. The summed E-state index contributed by atoms with van der Waals surface area (Å²) in [6.07, 6.45) is 4.92. The Bertz CT molecular complexity index is 1160. The van der Waals surface area contributed by atoms with Crippen molar-refractivity contribution in [2.24, 2.45) is 0 Å². The van der Waals surface area contributed by atoms with Crippen LogP contribution >= 0.6 is 0 Å². The number of hydrogen-bond acceptors (Lipinski definition) is 5. The number of aromatic nitrogens is 1. The van der Waals surface area contributed by atoms with Crippen molar-refractivity contribution in [2.75, 3.05) is 11.4 Å². The summed E-state index contributed by atoms with van der Waals surface area (Å²) in [5, 5.41) is 18.6. The Morgan fingerprint density at radius 2 is 1.66 bits per heavy atom. The van der Waals surface area contributed by atoms with Gasteiger partial charge in [-0.05, 0) is 47.5 Å². The molecule has 0 radical (unpaired) electrons. The van der Waals surface area contributed by atoms with E-state index in [1.807, 2.05) is 0 Å². The first-order valence-corrected chi connectivity index (χ1v) is 9.97. The molecule has 0 aliphatic carbocycles. The Kier molecular flexibility index (Phi) is 5.65. The molecule has 0 atom stereocenters. The molecule has 0 bridgehead atoms. The summed E-state index contributed by atoms with van der Waals surface area (Å²) in [5.41, 5.74) is 1.13. The van der Waals surface area contributed by atoms with E-state index in [0.29, 0.717) is 11.4 Å². The molecular formula is C21H18N2O5S. The summed E-state index contributed by atoms with van der Waals surface area (Å²) < 4.78 is 26.6. The van der Waals surface area contributed by atoms with Crippen LogP contribution in [0.3, 0.4) is 0 Å². The van der Waals surface area contributed by atoms with Crippen LogP contribution in [0.15, 0.2) is 71.8 Å². The second-order valence-corrected chi connectivity index (χ2v) is 8.11. The number of anilines is 1. The molecule has 3 rings (SSSR count). The number of benzene rings is 2. The third kappa shape index (κ3) is 4.44. The van der Waals surface area contributed by atoms with Crippen molar-refractivity contribution < 1.29 is 23.4 Å². The van der Waals surface area contributed by atoms with Crippen LogP contribution in [0.1, 0.15) is 21.5 Å². The minimum Gasteiger partial charge on any atom is -0.507 e. The highest BCUT2D eigenvalue weighted by atomic mass is 32.2. The van der Waals surface area contributed by atoms with Gasteiger partial charge in [-0.2, -0.15) is 0 Å². The highest BCUT2D eigenvalue weighted by molar-refractivity contribution is 7.92. The molecule has 148 valence electrons. The largest absolute Gasteiger partial charge is 0.507 e. The lowest BCUT2D eigenvalue weighted by Gasteiger charge is -2.18. The van der Waals surface area contributed by atoms with Crippen LogP contribution in [0, 0.1) is 0 Å². The molecule has 0 aliphatic rings. The highest BCUT2D eigenvalue weighted by Gasteiger charge is 2.21. The Morgan fingerprint density at radius 1 is 1.00 bits per heavy atom. The molecule has 7 nitrogen and oxygen atoms in total. The van der Waals surface area contributed by atoms with Gasteiger partial charge in [-0.25, -0.2) is 18.2 Å². The predicted molar refractivity (Wildman–Crippen MR) is 110 cm³/mol. The minimum absolute atomic E-state index is 0.126. The molecular weight excluding hydrogens is 392 g/mol. The summed E-state index contributed by atoms with van der Waals surface area (Å²) in [6.45, 7) is 0. The van der Waals surface area contributed by atoms with Gasteiger partial charge in [-0.1, -0.05) is 36.4 Å². The Hall–Kier alpha value is -3.65. The zero-order chi connectivity index (χ0) is 21.0. The number of nitrogens with zero attached hydrogens (tertiary/aromatic N) is 2. The fourth-order valence-corrected chi connectivity index (χ4v) is 3.74. The van der Waals surface area contributed by atoms with Crippen LogP contribution in [0.4, 0.5) is 5.82 Å². The average molecular weight is 410 g/mol. The van der Waals surface area contributed by atoms with Crippen molar-refractivity contribution in [2.45, 2.75) is 4.90 Å². The van der Waals surface area contributed by atoms with Crippen LogP contribution in [0.25, 0.3) is 12.2 Å². The topological polar surface area (TPSA) is 108 Å². The number of pyridine rings is 1. The molecule has 0 saturated heterocycles. The summed E-state index contributed by atoms with van der Waals surface area (Å²) in [6, 6.07) is 15.6. The molecule has 0 amide bonds. The number of carbonyl (C=O) groups is 1. The number of sulfonamides is 1. The van der Waals surface area contributed by atoms with E-state index < -0.39 is 16.0 Å². The van der Waals surface area contributed by atoms with Gasteiger partial charge in [0.1, 0.15) is 17.1 Å². The van der Waals surface area contributed by atoms with Crippen molar-refractivity contribution in [1.82, 2.24) is 4.98 Å². The third-order valence-corrected chi connectivity index (χ3v) is 6.01. The lowest BCUT2D eigenvalue weighted by molar-refractivity contribution is 0.0693. The van der Waals surface area contributed by atoms with Gasteiger partial charge in [-0.15, -0.1) is 0 Å². The number of aromatic hydroxyl groups is 1. The second kappa shape index (κ2) is 8.15. The van der Waals surface area contributed by atoms with Crippen LogP contribution in [-0.4, -0.2) is 36.6 Å². The maximum Gasteiger partial charge on any atom is 0.339 e. The van der Waals surface area contributed by atoms with E-state index in [2.05, 4.69) is 4.98 Å². The molecule has 2 aromatic carbocycles. The first-order chi connectivity index (χ1) is 13.8. The van der Waals surface area contributed by atoms with Gasteiger partial charge >= 0.3 is 5.97 Å². The molecule has 29 heavy (non-hydrogen) atoms. The summed E-state index contributed by atoms with van der Waals surface area (Å²) in [7, 11) is -2.30. The van der Waals surface area contributed by atoms with E-state index in [0.717, 1.165) is 9.87 Å². The van der Waals surface area contributed by atoms with E-state index in [-0.39, 0.29) is 16.2 Å². The van der Waals surface area contributed by atoms with Gasteiger partial charge in [0, 0.05) is 13.2 Å². The number of aromatic carboxylic acids is 1. The van der Waals surface area contributed by atoms with Crippen LogP contribution in [0.2, 0.25) is 0 Å². The van der Waals surface area contributed by atoms with E-state index in [9.17, 15) is 18.3 Å². The second-order valence-electron chi connectivity index (χ2n) is 6.14. The van der Waals surface area contributed by atoms with Gasteiger partial charge in [0.25, 0.3) is 10.0 Å². The van der Waals surface area contributed by atoms with Crippen molar-refractivity contribution in [3.63, 3.8) is 0 Å². The number of hydrogen-bond donors (Lipinski definition) is 2. The highest BCUT2D eigenvalue weighted by Crippen LogP contribution is 2.22. The molecule has 0 unspecified atom stereocenters. The summed E-state index contributed by atoms with van der Waals surface area (Å²) in [4.78, 5) is 15.3. The lowest BCUT2D eigenvalue weighted by atomic mass is 10.1. The molecule has 1 heterocycles. The number of carboxylic acid groups (broad SMARTS) is 1. The summed E-state index contributed by atoms with van der Waals surface area (Å²) in [5.74, 6) is -1.20. The van der Waals surface area contributed by atoms with E-state index in [4.69, 9.17) is 5.11 Å². The van der Waals surface area contributed by atoms with E-state index >= 15 is 0 Å². The van der Waals surface area contributed by atoms with Crippen molar-refractivity contribution in [1.29, 1.82) is 0 Å². The average Bonchev–Trinajstić information content (AvgIpc) is 2.73. The van der Waals surface area contributed by atoms with E-state index in [1.165, 1.54) is 37.5 Å². The minimum atomic E-state index is -3.74. The quantitative estimate of drug-likeness (QED) is 0.603. The van der Waals surface area contributed by atoms with Gasteiger partial charge < -0.3 is 10.2 Å². The van der Waals surface area contributed by atoms with Gasteiger partial charge in [-0.3, -0.25) is 4.31 Å². The van der Waals surface area contributed by atoms with Gasteiger partial charge in [0.15, 0.2) is 0 Å².